The molecule has 0 aromatic carbocycles. The molecule has 1 N–H and O–H groups in total. The number of ether oxygens (including phenoxy) is 1. The molecule has 1 saturated heterocycles. The Morgan fingerprint density at radius 1 is 1.47 bits per heavy atom. The molecule has 0 bridgehead atoms. The fraction of sp³-hybridized carbons (Fsp3) is 0.417. The minimum absolute atomic E-state index is 0.0877. The molecule has 0 spiro atoms. The standard InChI is InChI=1S/C12H13N3O2/c1-7-2-3-10(17-7)11-14-9-4-5-13-6-8(9)12(16)15-11/h4-7,10H,2-3H2,1H3,(H,14,15,16). The zero-order chi connectivity index (χ0) is 11.8. The lowest BCUT2D eigenvalue weighted by atomic mass is 10.2. The van der Waals surface area contributed by atoms with Crippen LogP contribution in [0.3, 0.4) is 0 Å². The summed E-state index contributed by atoms with van der Waals surface area (Å²) in [6.45, 7) is 2.03. The fourth-order valence-electron chi connectivity index (χ4n) is 2.16. The smallest absolute Gasteiger partial charge is 0.260 e. The molecule has 1 fully saturated rings. The van der Waals surface area contributed by atoms with Crippen LogP contribution in [0, 0.1) is 0 Å². The Balaban J connectivity index is 2.09. The molecule has 3 rings (SSSR count). The molecule has 2 unspecified atom stereocenters. The van der Waals surface area contributed by atoms with Crippen LogP contribution in [0.4, 0.5) is 0 Å². The van der Waals surface area contributed by atoms with Gasteiger partial charge in [-0.15, -0.1) is 0 Å². The van der Waals surface area contributed by atoms with E-state index >= 15 is 0 Å². The van der Waals surface area contributed by atoms with Crippen LogP contribution in [0.15, 0.2) is 23.3 Å². The van der Waals surface area contributed by atoms with Crippen molar-refractivity contribution in [2.24, 2.45) is 0 Å². The molecule has 0 amide bonds. The molecule has 17 heavy (non-hydrogen) atoms. The third-order valence-corrected chi connectivity index (χ3v) is 3.06. The number of hydrogen-bond acceptors (Lipinski definition) is 4. The number of fused-ring (bicyclic) bond motifs is 1. The van der Waals surface area contributed by atoms with Crippen molar-refractivity contribution in [3.63, 3.8) is 0 Å². The van der Waals surface area contributed by atoms with Crippen molar-refractivity contribution in [3.8, 4) is 0 Å². The second-order valence-electron chi connectivity index (χ2n) is 4.36. The number of H-pyrrole nitrogens is 1. The Morgan fingerprint density at radius 3 is 3.12 bits per heavy atom. The average Bonchev–Trinajstić information content (AvgIpc) is 2.76. The summed E-state index contributed by atoms with van der Waals surface area (Å²) in [5, 5.41) is 0.516. The van der Waals surface area contributed by atoms with E-state index < -0.39 is 0 Å². The Labute approximate surface area is 97.9 Å². The van der Waals surface area contributed by atoms with E-state index in [9.17, 15) is 4.79 Å². The zero-order valence-electron chi connectivity index (χ0n) is 9.51. The molecular formula is C12H13N3O2. The molecule has 2 atom stereocenters. The summed E-state index contributed by atoms with van der Waals surface area (Å²) in [5.41, 5.74) is 0.517. The van der Waals surface area contributed by atoms with Gasteiger partial charge in [0.2, 0.25) is 0 Å². The summed E-state index contributed by atoms with van der Waals surface area (Å²) < 4.78 is 5.70. The van der Waals surface area contributed by atoms with Crippen LogP contribution in [0.5, 0.6) is 0 Å². The molecule has 3 heterocycles. The predicted molar refractivity (Wildman–Crippen MR) is 62.7 cm³/mol. The third-order valence-electron chi connectivity index (χ3n) is 3.06. The van der Waals surface area contributed by atoms with Crippen LogP contribution in [0.25, 0.3) is 10.9 Å². The summed E-state index contributed by atoms with van der Waals surface area (Å²) >= 11 is 0. The van der Waals surface area contributed by atoms with Crippen molar-refractivity contribution in [3.05, 3.63) is 34.6 Å². The van der Waals surface area contributed by atoms with E-state index in [1.165, 1.54) is 6.20 Å². The highest BCUT2D eigenvalue weighted by Crippen LogP contribution is 2.30. The lowest BCUT2D eigenvalue weighted by Crippen LogP contribution is -2.15. The number of nitrogens with zero attached hydrogens (tertiary/aromatic N) is 2. The van der Waals surface area contributed by atoms with E-state index in [4.69, 9.17) is 4.74 Å². The van der Waals surface area contributed by atoms with Crippen molar-refractivity contribution >= 4 is 10.9 Å². The van der Waals surface area contributed by atoms with Gasteiger partial charge in [0.05, 0.1) is 17.0 Å². The van der Waals surface area contributed by atoms with Gasteiger partial charge in [-0.25, -0.2) is 4.98 Å². The molecule has 2 aromatic heterocycles. The van der Waals surface area contributed by atoms with E-state index in [1.807, 2.05) is 6.92 Å². The molecule has 1 aliphatic heterocycles. The molecule has 5 nitrogen and oxygen atoms in total. The van der Waals surface area contributed by atoms with Gasteiger partial charge in [0.25, 0.3) is 5.56 Å². The number of nitrogens with one attached hydrogen (secondary N) is 1. The first-order valence-corrected chi connectivity index (χ1v) is 5.73. The molecule has 0 radical (unpaired) electrons. The van der Waals surface area contributed by atoms with Crippen molar-refractivity contribution in [2.45, 2.75) is 32.0 Å². The summed E-state index contributed by atoms with van der Waals surface area (Å²) in [7, 11) is 0. The first-order chi connectivity index (χ1) is 8.24. The summed E-state index contributed by atoms with van der Waals surface area (Å²) in [6, 6.07) is 1.74. The Bertz CT molecular complexity index is 608. The number of pyridine rings is 1. The molecule has 2 aromatic rings. The van der Waals surface area contributed by atoms with Gasteiger partial charge in [0.15, 0.2) is 0 Å². The number of rotatable bonds is 1. The van der Waals surface area contributed by atoms with Crippen molar-refractivity contribution in [1.29, 1.82) is 0 Å². The highest BCUT2D eigenvalue weighted by atomic mass is 16.5. The van der Waals surface area contributed by atoms with Gasteiger partial charge < -0.3 is 9.72 Å². The van der Waals surface area contributed by atoms with Crippen LogP contribution >= 0.6 is 0 Å². The van der Waals surface area contributed by atoms with Crippen molar-refractivity contribution in [1.82, 2.24) is 15.0 Å². The van der Waals surface area contributed by atoms with Crippen LogP contribution in [-0.4, -0.2) is 21.1 Å². The van der Waals surface area contributed by atoms with Gasteiger partial charge in [-0.3, -0.25) is 9.78 Å². The van der Waals surface area contributed by atoms with Crippen molar-refractivity contribution in [2.75, 3.05) is 0 Å². The van der Waals surface area contributed by atoms with Gasteiger partial charge in [-0.05, 0) is 25.8 Å². The Hall–Kier alpha value is -1.75. The highest BCUT2D eigenvalue weighted by molar-refractivity contribution is 5.75. The first-order valence-electron chi connectivity index (χ1n) is 5.73. The molecule has 88 valence electrons. The van der Waals surface area contributed by atoms with Gasteiger partial charge in [0, 0.05) is 12.4 Å². The van der Waals surface area contributed by atoms with Crippen LogP contribution in [0.1, 0.15) is 31.7 Å². The molecular weight excluding hydrogens is 218 g/mol. The number of hydrogen-bond donors (Lipinski definition) is 1. The average molecular weight is 231 g/mol. The van der Waals surface area contributed by atoms with Crippen LogP contribution < -0.4 is 5.56 Å². The Morgan fingerprint density at radius 2 is 2.35 bits per heavy atom. The van der Waals surface area contributed by atoms with E-state index in [1.54, 1.807) is 12.3 Å². The fourth-order valence-corrected chi connectivity index (χ4v) is 2.16. The van der Waals surface area contributed by atoms with E-state index in [0.717, 1.165) is 12.8 Å². The molecule has 1 aliphatic rings. The minimum atomic E-state index is -0.152. The minimum Gasteiger partial charge on any atom is -0.367 e. The molecule has 0 aliphatic carbocycles. The van der Waals surface area contributed by atoms with E-state index in [-0.39, 0.29) is 17.8 Å². The summed E-state index contributed by atoms with van der Waals surface area (Å²) in [5.74, 6) is 0.623. The predicted octanol–water partition coefficient (Wildman–Crippen LogP) is 1.56. The second-order valence-corrected chi connectivity index (χ2v) is 4.36. The van der Waals surface area contributed by atoms with E-state index in [2.05, 4.69) is 15.0 Å². The van der Waals surface area contributed by atoms with Gasteiger partial charge >= 0.3 is 0 Å². The second kappa shape index (κ2) is 3.92. The van der Waals surface area contributed by atoms with Gasteiger partial charge in [-0.2, -0.15) is 0 Å². The molecule has 5 heteroatoms. The quantitative estimate of drug-likeness (QED) is 0.808. The number of aromatic amines is 1. The van der Waals surface area contributed by atoms with E-state index in [0.29, 0.717) is 16.7 Å². The maximum absolute atomic E-state index is 11.8. The van der Waals surface area contributed by atoms with Crippen molar-refractivity contribution < 1.29 is 4.74 Å². The van der Waals surface area contributed by atoms with Crippen LogP contribution in [-0.2, 0) is 4.74 Å². The SMILES string of the molecule is CC1CCC(c2nc3ccncc3c(=O)[nH]2)O1. The third kappa shape index (κ3) is 1.82. The van der Waals surface area contributed by atoms with Gasteiger partial charge in [0.1, 0.15) is 11.9 Å². The highest BCUT2D eigenvalue weighted by Gasteiger charge is 2.25. The largest absolute Gasteiger partial charge is 0.367 e. The topological polar surface area (TPSA) is 67.9 Å². The summed E-state index contributed by atoms with van der Waals surface area (Å²) in [4.78, 5) is 23.0. The number of aromatic nitrogens is 3. The van der Waals surface area contributed by atoms with Crippen LogP contribution in [0.2, 0.25) is 0 Å². The lowest BCUT2D eigenvalue weighted by molar-refractivity contribution is 0.0504. The first kappa shape index (κ1) is 10.4. The normalized spacial score (nSPS) is 24.3. The lowest BCUT2D eigenvalue weighted by Gasteiger charge is -2.10. The van der Waals surface area contributed by atoms with Gasteiger partial charge in [-0.1, -0.05) is 0 Å². The molecule has 0 saturated carbocycles. The maximum atomic E-state index is 11.8. The monoisotopic (exact) mass is 231 g/mol. The summed E-state index contributed by atoms with van der Waals surface area (Å²) in [6.07, 6.45) is 5.22. The Kier molecular flexibility index (Phi) is 2.40. The maximum Gasteiger partial charge on any atom is 0.260 e. The zero-order valence-corrected chi connectivity index (χ0v) is 9.51.